The number of nitro groups is 1. The highest BCUT2D eigenvalue weighted by Crippen LogP contribution is 2.41. The van der Waals surface area contributed by atoms with Gasteiger partial charge in [0.25, 0.3) is 11.6 Å². The summed E-state index contributed by atoms with van der Waals surface area (Å²) in [7, 11) is 0. The van der Waals surface area contributed by atoms with Crippen LogP contribution in [0.2, 0.25) is 5.02 Å². The van der Waals surface area contributed by atoms with Crippen LogP contribution in [0, 0.1) is 10.1 Å². The lowest BCUT2D eigenvalue weighted by atomic mass is 9.98. The Morgan fingerprint density at radius 1 is 1.00 bits per heavy atom. The third-order valence-electron chi connectivity index (χ3n) is 5.36. The minimum atomic E-state index is -0.820. The fourth-order valence-corrected chi connectivity index (χ4v) is 4.34. The van der Waals surface area contributed by atoms with E-state index in [1.807, 2.05) is 0 Å². The third-order valence-corrected chi connectivity index (χ3v) is 6.12. The lowest BCUT2D eigenvalue weighted by Gasteiger charge is -2.25. The lowest BCUT2D eigenvalue weighted by Crippen LogP contribution is -2.29. The Morgan fingerprint density at radius 3 is 2.34 bits per heavy atom. The van der Waals surface area contributed by atoms with Gasteiger partial charge in [0.15, 0.2) is 5.43 Å². The molecule has 0 aliphatic carbocycles. The smallest absolute Gasteiger partial charge is 0.295 e. The minimum absolute atomic E-state index is 0.0592. The highest BCUT2D eigenvalue weighted by molar-refractivity contribution is 9.10. The molecule has 0 radical (unpaired) electrons. The van der Waals surface area contributed by atoms with Gasteiger partial charge in [0.05, 0.1) is 21.9 Å². The number of carbonyl (C=O) groups is 1. The second-order valence-corrected chi connectivity index (χ2v) is 8.57. The zero-order valence-corrected chi connectivity index (χ0v) is 18.5. The zero-order chi connectivity index (χ0) is 22.6. The van der Waals surface area contributed by atoms with E-state index in [1.54, 1.807) is 48.5 Å². The molecule has 1 atom stereocenters. The molecule has 0 N–H and O–H groups in total. The number of hydrogen-bond donors (Lipinski definition) is 0. The van der Waals surface area contributed by atoms with Gasteiger partial charge in [0, 0.05) is 27.3 Å². The van der Waals surface area contributed by atoms with Gasteiger partial charge in [-0.3, -0.25) is 24.6 Å². The summed E-state index contributed by atoms with van der Waals surface area (Å²) in [5, 5.41) is 11.7. The summed E-state index contributed by atoms with van der Waals surface area (Å²) in [5.41, 5.74) is 1.05. The molecular formula is C23H12BrClN2O5. The average Bonchev–Trinajstić information content (AvgIpc) is 3.07. The van der Waals surface area contributed by atoms with Gasteiger partial charge in [-0.1, -0.05) is 27.5 Å². The quantitative estimate of drug-likeness (QED) is 0.253. The largest absolute Gasteiger partial charge is 0.450 e. The van der Waals surface area contributed by atoms with Crippen LogP contribution in [-0.4, -0.2) is 10.8 Å². The van der Waals surface area contributed by atoms with Gasteiger partial charge in [-0.15, -0.1) is 0 Å². The molecule has 32 heavy (non-hydrogen) atoms. The van der Waals surface area contributed by atoms with Crippen molar-refractivity contribution in [3.63, 3.8) is 0 Å². The van der Waals surface area contributed by atoms with Gasteiger partial charge in [0.1, 0.15) is 5.58 Å². The molecule has 0 bridgehead atoms. The number of anilines is 1. The van der Waals surface area contributed by atoms with E-state index in [9.17, 15) is 19.7 Å². The van der Waals surface area contributed by atoms with E-state index >= 15 is 0 Å². The number of rotatable bonds is 3. The molecule has 7 nitrogen and oxygen atoms in total. The van der Waals surface area contributed by atoms with Crippen LogP contribution >= 0.6 is 27.5 Å². The van der Waals surface area contributed by atoms with E-state index in [1.165, 1.54) is 23.1 Å². The molecule has 1 amide bonds. The summed E-state index contributed by atoms with van der Waals surface area (Å²) in [6.07, 6.45) is 0. The maximum Gasteiger partial charge on any atom is 0.295 e. The van der Waals surface area contributed by atoms with Crippen LogP contribution in [0.5, 0.6) is 0 Å². The van der Waals surface area contributed by atoms with E-state index < -0.39 is 16.9 Å². The first kappa shape index (κ1) is 20.4. The normalized spacial score (nSPS) is 15.2. The van der Waals surface area contributed by atoms with Crippen molar-refractivity contribution in [2.45, 2.75) is 6.04 Å². The van der Waals surface area contributed by atoms with Crippen LogP contribution in [-0.2, 0) is 0 Å². The standard InChI is InChI=1S/C23H12BrClN2O5/c24-13-3-8-15(9-4-13)26-20(12-1-6-16(7-2-12)27(30)31)19-21(28)17-11-14(25)5-10-18(17)32-22(19)23(26)29/h1-11,20H. The number of nitro benzene ring substituents is 1. The highest BCUT2D eigenvalue weighted by atomic mass is 79.9. The second kappa shape index (κ2) is 7.58. The van der Waals surface area contributed by atoms with Crippen LogP contribution < -0.4 is 10.3 Å². The highest BCUT2D eigenvalue weighted by Gasteiger charge is 2.43. The van der Waals surface area contributed by atoms with Gasteiger partial charge in [-0.25, -0.2) is 0 Å². The maximum absolute atomic E-state index is 13.5. The molecule has 1 aliphatic rings. The molecule has 2 heterocycles. The molecule has 5 rings (SSSR count). The van der Waals surface area contributed by atoms with E-state index in [0.717, 1.165) is 4.47 Å². The van der Waals surface area contributed by atoms with Gasteiger partial charge in [0.2, 0.25) is 5.76 Å². The van der Waals surface area contributed by atoms with Crippen molar-refractivity contribution < 1.29 is 14.1 Å². The van der Waals surface area contributed by atoms with E-state index in [-0.39, 0.29) is 33.4 Å². The molecule has 1 unspecified atom stereocenters. The van der Waals surface area contributed by atoms with Gasteiger partial charge in [-0.05, 0) is 60.2 Å². The zero-order valence-electron chi connectivity index (χ0n) is 16.1. The third kappa shape index (κ3) is 3.19. The molecule has 4 aromatic rings. The predicted molar refractivity (Wildman–Crippen MR) is 123 cm³/mol. The van der Waals surface area contributed by atoms with Crippen molar-refractivity contribution in [1.82, 2.24) is 0 Å². The molecule has 1 aromatic heterocycles. The maximum atomic E-state index is 13.5. The average molecular weight is 512 g/mol. The number of fused-ring (bicyclic) bond motifs is 2. The van der Waals surface area contributed by atoms with Crippen molar-refractivity contribution >= 4 is 55.8 Å². The molecule has 0 spiro atoms. The van der Waals surface area contributed by atoms with E-state index in [0.29, 0.717) is 16.3 Å². The van der Waals surface area contributed by atoms with E-state index in [2.05, 4.69) is 15.9 Å². The molecular weight excluding hydrogens is 500 g/mol. The molecule has 3 aromatic carbocycles. The Balaban J connectivity index is 1.78. The van der Waals surface area contributed by atoms with Crippen LogP contribution in [0.4, 0.5) is 11.4 Å². The van der Waals surface area contributed by atoms with Crippen molar-refractivity contribution in [1.29, 1.82) is 0 Å². The Labute approximate surface area is 194 Å². The number of carbonyl (C=O) groups excluding carboxylic acids is 1. The van der Waals surface area contributed by atoms with Crippen LogP contribution in [0.25, 0.3) is 11.0 Å². The fourth-order valence-electron chi connectivity index (χ4n) is 3.91. The van der Waals surface area contributed by atoms with E-state index in [4.69, 9.17) is 16.0 Å². The molecule has 0 saturated heterocycles. The molecule has 0 fully saturated rings. The van der Waals surface area contributed by atoms with Crippen LogP contribution in [0.15, 0.2) is 80.4 Å². The summed E-state index contributed by atoms with van der Waals surface area (Å²) in [4.78, 5) is 39.0. The van der Waals surface area contributed by atoms with Crippen molar-refractivity contribution in [3.05, 3.63) is 113 Å². The SMILES string of the molecule is O=C1c2oc3ccc(Cl)cc3c(=O)c2C(c2ccc([N+](=O)[O-])cc2)N1c1ccc(Br)cc1. The number of benzene rings is 3. The van der Waals surface area contributed by atoms with Crippen LogP contribution in [0.3, 0.4) is 0 Å². The topological polar surface area (TPSA) is 93.7 Å². The first-order valence-corrected chi connectivity index (χ1v) is 10.6. The lowest BCUT2D eigenvalue weighted by molar-refractivity contribution is -0.384. The van der Waals surface area contributed by atoms with Crippen molar-refractivity contribution in [2.24, 2.45) is 0 Å². The van der Waals surface area contributed by atoms with Gasteiger partial charge in [-0.2, -0.15) is 0 Å². The Hall–Kier alpha value is -3.49. The van der Waals surface area contributed by atoms with Gasteiger partial charge >= 0.3 is 0 Å². The molecule has 0 saturated carbocycles. The summed E-state index contributed by atoms with van der Waals surface area (Å²) in [6, 6.07) is 16.6. The summed E-state index contributed by atoms with van der Waals surface area (Å²) < 4.78 is 6.70. The second-order valence-electron chi connectivity index (χ2n) is 7.22. The van der Waals surface area contributed by atoms with Crippen molar-refractivity contribution in [2.75, 3.05) is 4.90 Å². The number of non-ortho nitro benzene ring substituents is 1. The number of hydrogen-bond acceptors (Lipinski definition) is 5. The Bertz CT molecular complexity index is 1470. The van der Waals surface area contributed by atoms with Crippen molar-refractivity contribution in [3.8, 4) is 0 Å². The summed E-state index contributed by atoms with van der Waals surface area (Å²) in [6.45, 7) is 0. The number of amides is 1. The van der Waals surface area contributed by atoms with Gasteiger partial charge < -0.3 is 4.42 Å². The summed E-state index contributed by atoms with van der Waals surface area (Å²) in [5.74, 6) is -0.532. The summed E-state index contributed by atoms with van der Waals surface area (Å²) >= 11 is 9.46. The minimum Gasteiger partial charge on any atom is -0.450 e. The molecule has 9 heteroatoms. The predicted octanol–water partition coefficient (Wildman–Crippen LogP) is 5.87. The first-order valence-electron chi connectivity index (χ1n) is 9.45. The molecule has 158 valence electrons. The number of nitrogens with zero attached hydrogens (tertiary/aromatic N) is 2. The Kier molecular flexibility index (Phi) is 4.83. The van der Waals surface area contributed by atoms with Crippen LogP contribution in [0.1, 0.15) is 27.7 Å². The Morgan fingerprint density at radius 2 is 1.69 bits per heavy atom. The first-order chi connectivity index (χ1) is 15.3. The monoisotopic (exact) mass is 510 g/mol. The molecule has 1 aliphatic heterocycles. The number of halogens is 2. The fraction of sp³-hybridized carbons (Fsp3) is 0.0435.